The zero-order valence-corrected chi connectivity index (χ0v) is 13.1. The molecule has 0 aromatic carbocycles. The molecule has 0 spiro atoms. The quantitative estimate of drug-likeness (QED) is 0.392. The SMILES string of the molecule is CCCCCCCCCCNC(=O)NC(CCO)C(=O)O. The summed E-state index contributed by atoms with van der Waals surface area (Å²) in [5, 5.41) is 22.5. The Hall–Kier alpha value is -1.30. The van der Waals surface area contributed by atoms with Crippen LogP contribution in [0, 0.1) is 0 Å². The second-order valence-electron chi connectivity index (χ2n) is 5.28. The zero-order valence-electron chi connectivity index (χ0n) is 13.1. The molecule has 4 N–H and O–H groups in total. The van der Waals surface area contributed by atoms with E-state index in [2.05, 4.69) is 17.6 Å². The molecule has 0 radical (unpaired) electrons. The van der Waals surface area contributed by atoms with Crippen molar-refractivity contribution < 1.29 is 19.8 Å². The van der Waals surface area contributed by atoms with Crippen molar-refractivity contribution in [2.75, 3.05) is 13.2 Å². The molecule has 0 aliphatic heterocycles. The van der Waals surface area contributed by atoms with E-state index < -0.39 is 18.0 Å². The summed E-state index contributed by atoms with van der Waals surface area (Å²) < 4.78 is 0. The summed E-state index contributed by atoms with van der Waals surface area (Å²) in [4.78, 5) is 22.3. The fourth-order valence-electron chi connectivity index (χ4n) is 2.06. The third-order valence-corrected chi connectivity index (χ3v) is 3.34. The summed E-state index contributed by atoms with van der Waals surface area (Å²) in [6, 6.07) is -1.52. The van der Waals surface area contributed by atoms with Gasteiger partial charge in [-0.25, -0.2) is 9.59 Å². The topological polar surface area (TPSA) is 98.7 Å². The summed E-state index contributed by atoms with van der Waals surface area (Å²) in [6.07, 6.45) is 9.55. The number of nitrogens with one attached hydrogen (secondary N) is 2. The number of carboxylic acids is 1. The van der Waals surface area contributed by atoms with E-state index in [4.69, 9.17) is 10.2 Å². The van der Waals surface area contributed by atoms with E-state index in [0.29, 0.717) is 6.54 Å². The zero-order chi connectivity index (χ0) is 15.9. The minimum Gasteiger partial charge on any atom is -0.480 e. The Labute approximate surface area is 127 Å². The Bertz CT molecular complexity index is 285. The van der Waals surface area contributed by atoms with Crippen LogP contribution in [-0.2, 0) is 4.79 Å². The second-order valence-corrected chi connectivity index (χ2v) is 5.28. The van der Waals surface area contributed by atoms with Crippen LogP contribution in [-0.4, -0.2) is 41.4 Å². The highest BCUT2D eigenvalue weighted by Crippen LogP contribution is 2.07. The van der Waals surface area contributed by atoms with Crippen molar-refractivity contribution in [2.45, 2.75) is 70.8 Å². The fraction of sp³-hybridized carbons (Fsp3) is 0.867. The fourth-order valence-corrected chi connectivity index (χ4v) is 2.06. The minimum atomic E-state index is -1.13. The van der Waals surface area contributed by atoms with Crippen LogP contribution in [0.5, 0.6) is 0 Å². The second kappa shape index (κ2) is 13.7. The third-order valence-electron chi connectivity index (χ3n) is 3.34. The smallest absolute Gasteiger partial charge is 0.326 e. The Morgan fingerprint density at radius 3 is 2.10 bits per heavy atom. The lowest BCUT2D eigenvalue weighted by Gasteiger charge is -2.13. The normalized spacial score (nSPS) is 11.9. The summed E-state index contributed by atoms with van der Waals surface area (Å²) >= 11 is 0. The number of aliphatic hydroxyl groups is 1. The van der Waals surface area contributed by atoms with Gasteiger partial charge in [0.2, 0.25) is 0 Å². The molecule has 0 saturated heterocycles. The molecule has 0 fully saturated rings. The molecule has 0 bridgehead atoms. The van der Waals surface area contributed by atoms with Gasteiger partial charge in [-0.2, -0.15) is 0 Å². The number of hydrogen-bond acceptors (Lipinski definition) is 3. The number of urea groups is 1. The molecule has 0 aromatic rings. The summed E-state index contributed by atoms with van der Waals surface area (Å²) in [5.41, 5.74) is 0. The van der Waals surface area contributed by atoms with Crippen molar-refractivity contribution in [3.63, 3.8) is 0 Å². The molecule has 1 unspecified atom stereocenters. The number of carbonyl (C=O) groups is 2. The molecule has 0 aliphatic carbocycles. The van der Waals surface area contributed by atoms with Crippen molar-refractivity contribution in [3.8, 4) is 0 Å². The highest BCUT2D eigenvalue weighted by Gasteiger charge is 2.18. The van der Waals surface area contributed by atoms with Gasteiger partial charge in [-0.05, 0) is 6.42 Å². The molecule has 6 heteroatoms. The molecule has 2 amide bonds. The first-order valence-corrected chi connectivity index (χ1v) is 7.99. The average molecular weight is 302 g/mol. The minimum absolute atomic E-state index is 0.0144. The maximum Gasteiger partial charge on any atom is 0.326 e. The van der Waals surface area contributed by atoms with Crippen LogP contribution in [0.4, 0.5) is 4.79 Å². The van der Waals surface area contributed by atoms with Gasteiger partial charge in [0, 0.05) is 19.6 Å². The van der Waals surface area contributed by atoms with Crippen LogP contribution < -0.4 is 10.6 Å². The predicted octanol–water partition coefficient (Wildman–Crippen LogP) is 2.26. The Morgan fingerprint density at radius 1 is 1.00 bits per heavy atom. The van der Waals surface area contributed by atoms with E-state index in [0.717, 1.165) is 12.8 Å². The molecule has 1 atom stereocenters. The van der Waals surface area contributed by atoms with Crippen LogP contribution >= 0.6 is 0 Å². The lowest BCUT2D eigenvalue weighted by molar-refractivity contribution is -0.139. The first-order valence-electron chi connectivity index (χ1n) is 7.99. The van der Waals surface area contributed by atoms with Gasteiger partial charge in [0.15, 0.2) is 0 Å². The molecule has 6 nitrogen and oxygen atoms in total. The summed E-state index contributed by atoms with van der Waals surface area (Å²) in [6.45, 7) is 2.48. The maximum atomic E-state index is 11.5. The van der Waals surface area contributed by atoms with Crippen LogP contribution in [0.2, 0.25) is 0 Å². The molecule has 0 aromatic heterocycles. The number of rotatable bonds is 13. The Morgan fingerprint density at radius 2 is 1.57 bits per heavy atom. The van der Waals surface area contributed by atoms with Gasteiger partial charge in [0.05, 0.1) is 0 Å². The van der Waals surface area contributed by atoms with Crippen LogP contribution in [0.1, 0.15) is 64.7 Å². The first-order chi connectivity index (χ1) is 10.1. The van der Waals surface area contributed by atoms with Crippen molar-refractivity contribution >= 4 is 12.0 Å². The number of unbranched alkanes of at least 4 members (excludes halogenated alkanes) is 7. The number of aliphatic carboxylic acids is 1. The highest BCUT2D eigenvalue weighted by molar-refractivity contribution is 5.82. The molecule has 0 heterocycles. The predicted molar refractivity (Wildman–Crippen MR) is 82.3 cm³/mol. The van der Waals surface area contributed by atoms with E-state index in [1.165, 1.54) is 38.5 Å². The molecule has 0 saturated carbocycles. The molecular weight excluding hydrogens is 272 g/mol. The van der Waals surface area contributed by atoms with Gasteiger partial charge in [-0.15, -0.1) is 0 Å². The standard InChI is InChI=1S/C15H30N2O4/c1-2-3-4-5-6-7-8-9-11-16-15(21)17-13(10-12-18)14(19)20/h13,18H,2-12H2,1H3,(H,19,20)(H2,16,17,21). The molecule has 21 heavy (non-hydrogen) atoms. The van der Waals surface area contributed by atoms with E-state index in [9.17, 15) is 9.59 Å². The molecule has 124 valence electrons. The largest absolute Gasteiger partial charge is 0.480 e. The van der Waals surface area contributed by atoms with E-state index in [1.807, 2.05) is 0 Å². The van der Waals surface area contributed by atoms with Gasteiger partial charge < -0.3 is 20.8 Å². The van der Waals surface area contributed by atoms with Gasteiger partial charge >= 0.3 is 12.0 Å². The number of carboxylic acid groups (broad SMARTS) is 1. The van der Waals surface area contributed by atoms with Gasteiger partial charge in [-0.3, -0.25) is 0 Å². The van der Waals surface area contributed by atoms with E-state index >= 15 is 0 Å². The average Bonchev–Trinajstić information content (AvgIpc) is 2.45. The number of hydrogen-bond donors (Lipinski definition) is 4. The number of aliphatic hydroxyl groups excluding tert-OH is 1. The van der Waals surface area contributed by atoms with E-state index in [1.54, 1.807) is 0 Å². The van der Waals surface area contributed by atoms with Crippen LogP contribution in [0.15, 0.2) is 0 Å². The first kappa shape index (κ1) is 19.7. The number of carbonyl (C=O) groups excluding carboxylic acids is 1. The van der Waals surface area contributed by atoms with Crippen LogP contribution in [0.3, 0.4) is 0 Å². The van der Waals surface area contributed by atoms with Gasteiger partial charge in [0.1, 0.15) is 6.04 Å². The Balaban J connectivity index is 3.50. The lowest BCUT2D eigenvalue weighted by Crippen LogP contribution is -2.46. The number of amides is 2. The maximum absolute atomic E-state index is 11.5. The molecule has 0 rings (SSSR count). The van der Waals surface area contributed by atoms with Gasteiger partial charge in [-0.1, -0.05) is 51.9 Å². The molecular formula is C15H30N2O4. The van der Waals surface area contributed by atoms with Crippen molar-refractivity contribution in [1.82, 2.24) is 10.6 Å². The van der Waals surface area contributed by atoms with Crippen molar-refractivity contribution in [3.05, 3.63) is 0 Å². The monoisotopic (exact) mass is 302 g/mol. The molecule has 0 aliphatic rings. The summed E-state index contributed by atoms with van der Waals surface area (Å²) in [7, 11) is 0. The third kappa shape index (κ3) is 12.2. The Kier molecular flexibility index (Phi) is 12.8. The lowest BCUT2D eigenvalue weighted by atomic mass is 10.1. The highest BCUT2D eigenvalue weighted by atomic mass is 16.4. The summed E-state index contributed by atoms with van der Waals surface area (Å²) in [5.74, 6) is -1.13. The van der Waals surface area contributed by atoms with Gasteiger partial charge in [0.25, 0.3) is 0 Å². The van der Waals surface area contributed by atoms with Crippen molar-refractivity contribution in [2.24, 2.45) is 0 Å². The van der Waals surface area contributed by atoms with Crippen LogP contribution in [0.25, 0.3) is 0 Å². The van der Waals surface area contributed by atoms with E-state index in [-0.39, 0.29) is 13.0 Å². The van der Waals surface area contributed by atoms with Crippen molar-refractivity contribution in [1.29, 1.82) is 0 Å².